The Morgan fingerprint density at radius 3 is 2.79 bits per heavy atom. The molecule has 0 saturated heterocycles. The van der Waals surface area contributed by atoms with Crippen LogP contribution in [0.25, 0.3) is 0 Å². The molecule has 3 heteroatoms. The Bertz CT molecular complexity index is 295. The SMILES string of the molecule is Oc1cccnc1OC1CCCCC1. The summed E-state index contributed by atoms with van der Waals surface area (Å²) < 4.78 is 5.62. The maximum atomic E-state index is 9.45. The Morgan fingerprint density at radius 2 is 2.07 bits per heavy atom. The van der Waals surface area contributed by atoms with Gasteiger partial charge in [-0.25, -0.2) is 4.98 Å². The van der Waals surface area contributed by atoms with E-state index >= 15 is 0 Å². The van der Waals surface area contributed by atoms with Crippen LogP contribution in [0, 0.1) is 0 Å². The Morgan fingerprint density at radius 1 is 1.29 bits per heavy atom. The van der Waals surface area contributed by atoms with Gasteiger partial charge in [-0.1, -0.05) is 6.42 Å². The van der Waals surface area contributed by atoms with Gasteiger partial charge in [0.05, 0.1) is 0 Å². The molecule has 0 atom stereocenters. The molecule has 3 nitrogen and oxygen atoms in total. The molecule has 1 aliphatic carbocycles. The average Bonchev–Trinajstić information content (AvgIpc) is 2.23. The molecule has 0 bridgehead atoms. The fourth-order valence-corrected chi connectivity index (χ4v) is 1.81. The zero-order valence-electron chi connectivity index (χ0n) is 8.15. The Balaban J connectivity index is 1.99. The standard InChI is InChI=1S/C11H15NO2/c13-10-7-4-8-12-11(10)14-9-5-2-1-3-6-9/h4,7-9,13H,1-3,5-6H2. The zero-order chi connectivity index (χ0) is 9.80. The van der Waals surface area contributed by atoms with Gasteiger partial charge in [0, 0.05) is 6.20 Å². The van der Waals surface area contributed by atoms with Crippen LogP contribution in [0.4, 0.5) is 0 Å². The van der Waals surface area contributed by atoms with E-state index in [0.717, 1.165) is 12.8 Å². The van der Waals surface area contributed by atoms with E-state index in [0.29, 0.717) is 5.88 Å². The topological polar surface area (TPSA) is 42.4 Å². The lowest BCUT2D eigenvalue weighted by Crippen LogP contribution is -2.20. The average molecular weight is 193 g/mol. The van der Waals surface area contributed by atoms with E-state index in [9.17, 15) is 5.11 Å². The molecule has 1 saturated carbocycles. The van der Waals surface area contributed by atoms with Crippen LogP contribution >= 0.6 is 0 Å². The van der Waals surface area contributed by atoms with Crippen LogP contribution in [0.5, 0.6) is 11.6 Å². The van der Waals surface area contributed by atoms with Crippen molar-refractivity contribution in [1.82, 2.24) is 4.98 Å². The normalized spacial score (nSPS) is 18.0. The molecule has 0 spiro atoms. The summed E-state index contributed by atoms with van der Waals surface area (Å²) in [6.07, 6.45) is 7.78. The van der Waals surface area contributed by atoms with Crippen LogP contribution in [0.15, 0.2) is 18.3 Å². The molecule has 1 heterocycles. The number of rotatable bonds is 2. The molecule has 14 heavy (non-hydrogen) atoms. The predicted octanol–water partition coefficient (Wildman–Crippen LogP) is 2.50. The molecule has 1 fully saturated rings. The summed E-state index contributed by atoms with van der Waals surface area (Å²) in [5, 5.41) is 9.45. The zero-order valence-corrected chi connectivity index (χ0v) is 8.15. The van der Waals surface area contributed by atoms with Crippen LogP contribution in [0.2, 0.25) is 0 Å². The smallest absolute Gasteiger partial charge is 0.257 e. The highest BCUT2D eigenvalue weighted by Crippen LogP contribution is 2.27. The lowest BCUT2D eigenvalue weighted by Gasteiger charge is -2.22. The van der Waals surface area contributed by atoms with Gasteiger partial charge in [0.15, 0.2) is 5.75 Å². The van der Waals surface area contributed by atoms with Crippen LogP contribution in [0.3, 0.4) is 0 Å². The van der Waals surface area contributed by atoms with Gasteiger partial charge in [-0.2, -0.15) is 0 Å². The molecule has 2 rings (SSSR count). The molecular weight excluding hydrogens is 178 g/mol. The molecule has 1 aliphatic rings. The molecule has 0 radical (unpaired) electrons. The van der Waals surface area contributed by atoms with Gasteiger partial charge in [-0.05, 0) is 37.8 Å². The summed E-state index contributed by atoms with van der Waals surface area (Å²) in [5.41, 5.74) is 0. The highest BCUT2D eigenvalue weighted by atomic mass is 16.5. The van der Waals surface area contributed by atoms with Crippen molar-refractivity contribution < 1.29 is 9.84 Å². The molecule has 1 aromatic heterocycles. The molecule has 1 aromatic rings. The van der Waals surface area contributed by atoms with Crippen molar-refractivity contribution >= 4 is 0 Å². The second-order valence-electron chi connectivity index (χ2n) is 3.71. The molecule has 0 amide bonds. The summed E-state index contributed by atoms with van der Waals surface area (Å²) in [6.45, 7) is 0. The summed E-state index contributed by atoms with van der Waals surface area (Å²) in [6, 6.07) is 3.30. The fourth-order valence-electron chi connectivity index (χ4n) is 1.81. The van der Waals surface area contributed by atoms with Crippen molar-refractivity contribution in [3.63, 3.8) is 0 Å². The quantitative estimate of drug-likeness (QED) is 0.784. The molecule has 0 aromatic carbocycles. The monoisotopic (exact) mass is 193 g/mol. The number of aromatic hydroxyl groups is 1. The highest BCUT2D eigenvalue weighted by molar-refractivity contribution is 5.30. The number of hydrogen-bond donors (Lipinski definition) is 1. The molecular formula is C11H15NO2. The first-order chi connectivity index (χ1) is 6.86. The van der Waals surface area contributed by atoms with Gasteiger partial charge < -0.3 is 9.84 Å². The lowest BCUT2D eigenvalue weighted by atomic mass is 9.98. The van der Waals surface area contributed by atoms with E-state index in [1.165, 1.54) is 19.3 Å². The van der Waals surface area contributed by atoms with E-state index in [-0.39, 0.29) is 11.9 Å². The lowest BCUT2D eigenvalue weighted by molar-refractivity contribution is 0.143. The summed E-state index contributed by atoms with van der Waals surface area (Å²) >= 11 is 0. The van der Waals surface area contributed by atoms with Gasteiger partial charge in [0.1, 0.15) is 6.10 Å². The largest absolute Gasteiger partial charge is 0.503 e. The second kappa shape index (κ2) is 4.31. The van der Waals surface area contributed by atoms with Crippen molar-refractivity contribution in [3.8, 4) is 11.6 Å². The van der Waals surface area contributed by atoms with E-state index in [1.807, 2.05) is 0 Å². The first kappa shape index (κ1) is 9.31. The van der Waals surface area contributed by atoms with E-state index < -0.39 is 0 Å². The van der Waals surface area contributed by atoms with Gasteiger partial charge in [0.2, 0.25) is 0 Å². The van der Waals surface area contributed by atoms with Crippen molar-refractivity contribution in [1.29, 1.82) is 0 Å². The molecule has 76 valence electrons. The summed E-state index contributed by atoms with van der Waals surface area (Å²) in [7, 11) is 0. The first-order valence-electron chi connectivity index (χ1n) is 5.17. The second-order valence-corrected chi connectivity index (χ2v) is 3.71. The Kier molecular flexibility index (Phi) is 2.87. The van der Waals surface area contributed by atoms with Gasteiger partial charge >= 0.3 is 0 Å². The highest BCUT2D eigenvalue weighted by Gasteiger charge is 2.16. The Hall–Kier alpha value is -1.25. The number of ether oxygens (including phenoxy) is 1. The summed E-state index contributed by atoms with van der Waals surface area (Å²) in [4.78, 5) is 4.00. The van der Waals surface area contributed by atoms with E-state index in [4.69, 9.17) is 4.74 Å². The maximum absolute atomic E-state index is 9.45. The Labute approximate surface area is 83.7 Å². The maximum Gasteiger partial charge on any atom is 0.257 e. The first-order valence-corrected chi connectivity index (χ1v) is 5.17. The van der Waals surface area contributed by atoms with E-state index in [2.05, 4.69) is 4.98 Å². The van der Waals surface area contributed by atoms with Crippen molar-refractivity contribution in [3.05, 3.63) is 18.3 Å². The van der Waals surface area contributed by atoms with Crippen LogP contribution < -0.4 is 4.74 Å². The minimum atomic E-state index is 0.137. The minimum Gasteiger partial charge on any atom is -0.503 e. The van der Waals surface area contributed by atoms with Gasteiger partial charge in [0.25, 0.3) is 5.88 Å². The van der Waals surface area contributed by atoms with E-state index in [1.54, 1.807) is 18.3 Å². The van der Waals surface area contributed by atoms with Crippen molar-refractivity contribution in [2.45, 2.75) is 38.2 Å². The number of aromatic nitrogens is 1. The predicted molar refractivity (Wildman–Crippen MR) is 53.4 cm³/mol. The summed E-state index contributed by atoms with van der Waals surface area (Å²) in [5.74, 6) is 0.512. The van der Waals surface area contributed by atoms with Crippen LogP contribution in [-0.2, 0) is 0 Å². The van der Waals surface area contributed by atoms with Gasteiger partial charge in [-0.15, -0.1) is 0 Å². The third kappa shape index (κ3) is 2.16. The number of pyridine rings is 1. The number of nitrogens with zero attached hydrogens (tertiary/aromatic N) is 1. The third-order valence-corrected chi connectivity index (χ3v) is 2.58. The van der Waals surface area contributed by atoms with Gasteiger partial charge in [-0.3, -0.25) is 0 Å². The van der Waals surface area contributed by atoms with Crippen molar-refractivity contribution in [2.24, 2.45) is 0 Å². The van der Waals surface area contributed by atoms with Crippen LogP contribution in [-0.4, -0.2) is 16.2 Å². The molecule has 0 unspecified atom stereocenters. The fraction of sp³-hybridized carbons (Fsp3) is 0.545. The minimum absolute atomic E-state index is 0.137. The molecule has 0 aliphatic heterocycles. The van der Waals surface area contributed by atoms with Crippen molar-refractivity contribution in [2.75, 3.05) is 0 Å². The molecule has 1 N–H and O–H groups in total. The third-order valence-electron chi connectivity index (χ3n) is 2.58. The number of hydrogen-bond acceptors (Lipinski definition) is 3. The van der Waals surface area contributed by atoms with Crippen LogP contribution in [0.1, 0.15) is 32.1 Å².